The van der Waals surface area contributed by atoms with Gasteiger partial charge in [0.05, 0.1) is 16.7 Å². The normalized spacial score (nSPS) is 22.7. The van der Waals surface area contributed by atoms with E-state index < -0.39 is 5.60 Å². The van der Waals surface area contributed by atoms with E-state index in [1.165, 1.54) is 6.42 Å². The lowest BCUT2D eigenvalue weighted by molar-refractivity contribution is -0.156. The van der Waals surface area contributed by atoms with Crippen LogP contribution in [0.4, 0.5) is 5.82 Å². The lowest BCUT2D eigenvalue weighted by atomic mass is 9.92. The molecule has 10 nitrogen and oxygen atoms in total. The first-order chi connectivity index (χ1) is 23.0. The molecule has 1 aromatic heterocycles. The van der Waals surface area contributed by atoms with E-state index in [0.29, 0.717) is 40.3 Å². The van der Waals surface area contributed by atoms with Crippen molar-refractivity contribution in [3.63, 3.8) is 0 Å². The molecule has 0 bridgehead atoms. The number of halogens is 1. The summed E-state index contributed by atoms with van der Waals surface area (Å²) in [6.07, 6.45) is 10.6. The Balaban J connectivity index is 0.977. The number of ether oxygens (including phenoxy) is 2. The van der Waals surface area contributed by atoms with Crippen LogP contribution in [0, 0.1) is 23.2 Å². The van der Waals surface area contributed by atoms with Gasteiger partial charge < -0.3 is 24.6 Å². The predicted octanol–water partition coefficient (Wildman–Crippen LogP) is 6.56. The zero-order chi connectivity index (χ0) is 34.1. The molecule has 3 fully saturated rings. The molecule has 1 unspecified atom stereocenters. The van der Waals surface area contributed by atoms with Gasteiger partial charge in [-0.15, -0.1) is 10.2 Å². The van der Waals surface area contributed by atoms with Gasteiger partial charge in [0.1, 0.15) is 17.4 Å². The maximum absolute atomic E-state index is 12.9. The number of likely N-dealkylation sites (tertiary alicyclic amines) is 1. The number of anilines is 1. The average molecular weight is 679 g/mol. The number of hydrogen-bond acceptors (Lipinski definition) is 9. The van der Waals surface area contributed by atoms with Crippen molar-refractivity contribution in [3.8, 4) is 11.8 Å². The Hall–Kier alpha value is -3.42. The van der Waals surface area contributed by atoms with Gasteiger partial charge in [-0.1, -0.05) is 11.6 Å². The monoisotopic (exact) mass is 678 g/mol. The first kappa shape index (κ1) is 35.9. The van der Waals surface area contributed by atoms with E-state index >= 15 is 0 Å². The third-order valence-electron chi connectivity index (χ3n) is 9.86. The molecular weight excluding hydrogens is 628 g/mol. The van der Waals surface area contributed by atoms with Crippen molar-refractivity contribution in [2.75, 3.05) is 37.6 Å². The minimum absolute atomic E-state index is 0.0460. The molecule has 5 rings (SSSR count). The van der Waals surface area contributed by atoms with Gasteiger partial charge in [0, 0.05) is 31.6 Å². The van der Waals surface area contributed by atoms with E-state index in [1.54, 1.807) is 24.3 Å². The molecular formula is C37H51ClN6O4. The van der Waals surface area contributed by atoms with Crippen LogP contribution in [0.2, 0.25) is 5.02 Å². The topological polar surface area (TPSA) is 121 Å². The quantitative estimate of drug-likeness (QED) is 0.279. The molecule has 1 amide bonds. The van der Waals surface area contributed by atoms with E-state index in [1.807, 2.05) is 26.8 Å². The van der Waals surface area contributed by atoms with Crippen LogP contribution in [0.5, 0.6) is 5.75 Å². The van der Waals surface area contributed by atoms with E-state index in [4.69, 9.17) is 26.3 Å². The van der Waals surface area contributed by atoms with Gasteiger partial charge in [-0.05, 0) is 141 Å². The number of esters is 1. The zero-order valence-electron chi connectivity index (χ0n) is 28.8. The first-order valence-corrected chi connectivity index (χ1v) is 18.1. The van der Waals surface area contributed by atoms with Gasteiger partial charge in [0.25, 0.3) is 5.91 Å². The summed E-state index contributed by atoms with van der Waals surface area (Å²) in [4.78, 5) is 30.1. The zero-order valence-corrected chi connectivity index (χ0v) is 29.5. The molecule has 260 valence electrons. The Labute approximate surface area is 290 Å². The number of aromatic nitrogens is 2. The second-order valence-corrected chi connectivity index (χ2v) is 15.2. The number of benzene rings is 1. The molecule has 0 radical (unpaired) electrons. The van der Waals surface area contributed by atoms with E-state index in [0.717, 1.165) is 96.3 Å². The largest absolute Gasteiger partial charge is 0.490 e. The van der Waals surface area contributed by atoms with E-state index in [-0.39, 0.29) is 24.0 Å². The van der Waals surface area contributed by atoms with Crippen molar-refractivity contribution < 1.29 is 19.1 Å². The summed E-state index contributed by atoms with van der Waals surface area (Å²) >= 11 is 6.14. The third kappa shape index (κ3) is 10.8. The highest BCUT2D eigenvalue weighted by Crippen LogP contribution is 2.29. The number of carbonyl (C=O) groups excluding carboxylic acids is 2. The molecule has 3 heterocycles. The number of nitriles is 1. The summed E-state index contributed by atoms with van der Waals surface area (Å²) in [6, 6.07) is 10.9. The number of rotatable bonds is 10. The minimum atomic E-state index is -0.416. The Morgan fingerprint density at radius 3 is 2.38 bits per heavy atom. The van der Waals surface area contributed by atoms with Gasteiger partial charge in [0.15, 0.2) is 11.5 Å². The molecule has 1 atom stereocenters. The van der Waals surface area contributed by atoms with Crippen molar-refractivity contribution >= 4 is 29.3 Å². The van der Waals surface area contributed by atoms with Crippen LogP contribution >= 0.6 is 11.6 Å². The summed E-state index contributed by atoms with van der Waals surface area (Å²) in [6.45, 7) is 11.0. The van der Waals surface area contributed by atoms with Crippen LogP contribution in [0.1, 0.15) is 107 Å². The fourth-order valence-corrected chi connectivity index (χ4v) is 7.35. The van der Waals surface area contributed by atoms with Crippen LogP contribution in [0.25, 0.3) is 0 Å². The van der Waals surface area contributed by atoms with Gasteiger partial charge in [-0.2, -0.15) is 5.26 Å². The van der Waals surface area contributed by atoms with Gasteiger partial charge in [0.2, 0.25) is 0 Å². The summed E-state index contributed by atoms with van der Waals surface area (Å²) in [5.74, 6) is 2.35. The molecule has 0 spiro atoms. The van der Waals surface area contributed by atoms with Crippen molar-refractivity contribution in [3.05, 3.63) is 46.6 Å². The number of piperidine rings is 1. The number of nitrogens with one attached hydrogen (secondary N) is 1. The van der Waals surface area contributed by atoms with Gasteiger partial charge in [-0.25, -0.2) is 0 Å². The first-order valence-electron chi connectivity index (χ1n) is 17.7. The molecule has 1 aromatic carbocycles. The van der Waals surface area contributed by atoms with Crippen molar-refractivity contribution in [2.45, 2.75) is 109 Å². The Bertz CT molecular complexity index is 1410. The second-order valence-electron chi connectivity index (χ2n) is 14.7. The van der Waals surface area contributed by atoms with E-state index in [2.05, 4.69) is 31.4 Å². The van der Waals surface area contributed by atoms with Crippen molar-refractivity contribution in [2.24, 2.45) is 11.8 Å². The summed E-state index contributed by atoms with van der Waals surface area (Å²) in [7, 11) is 0. The molecule has 3 aliphatic rings. The third-order valence-corrected chi connectivity index (χ3v) is 10.2. The maximum atomic E-state index is 12.9. The second kappa shape index (κ2) is 16.8. The number of hydrogen-bond donors (Lipinski definition) is 1. The summed E-state index contributed by atoms with van der Waals surface area (Å²) < 4.78 is 11.6. The fourth-order valence-electron chi connectivity index (χ4n) is 7.14. The summed E-state index contributed by atoms with van der Waals surface area (Å²) in [5, 5.41) is 21.3. The lowest BCUT2D eigenvalue weighted by Gasteiger charge is -2.33. The highest BCUT2D eigenvalue weighted by atomic mass is 35.5. The van der Waals surface area contributed by atoms with Crippen LogP contribution in [0.3, 0.4) is 0 Å². The Morgan fingerprint density at radius 2 is 1.71 bits per heavy atom. The Morgan fingerprint density at radius 1 is 0.958 bits per heavy atom. The molecule has 48 heavy (non-hydrogen) atoms. The maximum Gasteiger partial charge on any atom is 0.306 e. The molecule has 11 heteroatoms. The highest BCUT2D eigenvalue weighted by Gasteiger charge is 2.27. The molecule has 2 saturated heterocycles. The van der Waals surface area contributed by atoms with Gasteiger partial charge >= 0.3 is 5.97 Å². The minimum Gasteiger partial charge on any atom is -0.490 e. The average Bonchev–Trinajstić information content (AvgIpc) is 3.29. The lowest BCUT2D eigenvalue weighted by Crippen LogP contribution is -2.40. The van der Waals surface area contributed by atoms with Crippen molar-refractivity contribution in [1.29, 1.82) is 5.26 Å². The molecule has 1 saturated carbocycles. The molecule has 1 N–H and O–H groups in total. The molecule has 1 aliphatic carbocycles. The SMILES string of the molecule is CC(C)(C)OC(=O)CC1CCCN(CCC2CCN(c3ccc(C(=O)N[C@H]4CC[C@H](Oc5ccc(C#N)c(Cl)c5)CC4)nn3)CC2)CC1. The van der Waals surface area contributed by atoms with Crippen LogP contribution in [-0.2, 0) is 9.53 Å². The molecule has 2 aliphatic heterocycles. The van der Waals surface area contributed by atoms with Gasteiger partial charge in [-0.3, -0.25) is 9.59 Å². The van der Waals surface area contributed by atoms with Crippen LogP contribution in [0.15, 0.2) is 30.3 Å². The highest BCUT2D eigenvalue weighted by molar-refractivity contribution is 6.31. The van der Waals surface area contributed by atoms with E-state index in [9.17, 15) is 9.59 Å². The number of amides is 1. The number of carbonyl (C=O) groups is 2. The van der Waals surface area contributed by atoms with Crippen LogP contribution < -0.4 is 15.0 Å². The summed E-state index contributed by atoms with van der Waals surface area (Å²) in [5.41, 5.74) is 0.352. The number of nitrogens with zero attached hydrogens (tertiary/aromatic N) is 5. The smallest absolute Gasteiger partial charge is 0.306 e. The van der Waals surface area contributed by atoms with Crippen molar-refractivity contribution in [1.82, 2.24) is 20.4 Å². The van der Waals surface area contributed by atoms with Crippen LogP contribution in [-0.4, -0.2) is 77.4 Å². The standard InChI is InChI=1S/C37H51ClN6O4/c1-37(2,3)48-35(45)23-27-5-4-18-43(20-15-27)19-14-26-16-21-44(22-17-26)34-13-12-33(41-42-34)36(46)40-29-7-10-30(11-8-29)47-31-9-6-28(25-39)32(38)24-31/h6,9,12-13,24,26-27,29-30H,4-5,7-8,10-11,14-23H2,1-3H3,(H,40,46)/t27?,29-,30-. The molecule has 2 aromatic rings. The predicted molar refractivity (Wildman–Crippen MR) is 186 cm³/mol. The fraction of sp³-hybridized carbons (Fsp3) is 0.649. The Kier molecular flexibility index (Phi) is 12.6.